The number of rotatable bonds is 11. The Balaban J connectivity index is 1.81. The van der Waals surface area contributed by atoms with E-state index >= 15 is 0 Å². The van der Waals surface area contributed by atoms with E-state index < -0.39 is 0 Å². The SMILES string of the molecule is [CH2-]CCCC[C](=[Ni])N(C=[C-]c1ccc(OCC)cc1)c1ccc(-c2ccccc2)cc1. The molecule has 3 heteroatoms. The van der Waals surface area contributed by atoms with Crippen molar-refractivity contribution in [2.75, 3.05) is 11.5 Å². The summed E-state index contributed by atoms with van der Waals surface area (Å²) in [5.74, 6) is 0.868. The summed E-state index contributed by atoms with van der Waals surface area (Å²) in [6.07, 6.45) is 9.28. The van der Waals surface area contributed by atoms with Crippen LogP contribution in [0, 0.1) is 13.0 Å². The fraction of sp³-hybridized carbons (Fsp3) is 0.214. The third-order valence-electron chi connectivity index (χ3n) is 4.89. The van der Waals surface area contributed by atoms with Gasteiger partial charge in [-0.1, -0.05) is 0 Å². The Morgan fingerprint density at radius 3 is 2.26 bits per heavy atom. The minimum atomic E-state index is 0.661. The Hall–Kier alpha value is -2.64. The molecule has 0 aromatic heterocycles. The third-order valence-corrected chi connectivity index (χ3v) is 5.38. The Morgan fingerprint density at radius 1 is 0.935 bits per heavy atom. The average molecular weight is 454 g/mol. The number of hydrogen-bond acceptors (Lipinski definition) is 2. The van der Waals surface area contributed by atoms with Gasteiger partial charge in [0, 0.05) is 0 Å². The summed E-state index contributed by atoms with van der Waals surface area (Å²) >= 11 is 5.42. The van der Waals surface area contributed by atoms with E-state index in [-0.39, 0.29) is 0 Å². The monoisotopic (exact) mass is 453 g/mol. The predicted molar refractivity (Wildman–Crippen MR) is 128 cm³/mol. The Bertz CT molecular complexity index is 962. The van der Waals surface area contributed by atoms with Gasteiger partial charge in [0.15, 0.2) is 0 Å². The summed E-state index contributed by atoms with van der Waals surface area (Å²) in [4.78, 5) is 2.08. The van der Waals surface area contributed by atoms with Crippen molar-refractivity contribution in [3.63, 3.8) is 0 Å². The van der Waals surface area contributed by atoms with Crippen molar-refractivity contribution in [3.05, 3.63) is 104 Å². The fourth-order valence-corrected chi connectivity index (χ4v) is 3.59. The molecule has 164 valence electrons. The van der Waals surface area contributed by atoms with E-state index in [9.17, 15) is 0 Å². The van der Waals surface area contributed by atoms with Crippen molar-refractivity contribution < 1.29 is 19.8 Å². The molecule has 3 rings (SSSR count). The van der Waals surface area contributed by atoms with Crippen LogP contribution < -0.4 is 9.64 Å². The normalized spacial score (nSPS) is 11.0. The first kappa shape index (κ1) is 23.0. The van der Waals surface area contributed by atoms with E-state index in [1.807, 2.05) is 43.5 Å². The van der Waals surface area contributed by atoms with Gasteiger partial charge in [-0.2, -0.15) is 0 Å². The summed E-state index contributed by atoms with van der Waals surface area (Å²) in [6, 6.07) is 26.9. The van der Waals surface area contributed by atoms with Crippen molar-refractivity contribution in [1.82, 2.24) is 0 Å². The van der Waals surface area contributed by atoms with Gasteiger partial charge in [0.05, 0.1) is 0 Å². The molecule has 0 unspecified atom stereocenters. The number of ether oxygens (including phenoxy) is 1. The Morgan fingerprint density at radius 2 is 1.61 bits per heavy atom. The molecule has 0 aliphatic rings. The van der Waals surface area contributed by atoms with Crippen LogP contribution in [0.25, 0.3) is 11.1 Å². The molecule has 0 atom stereocenters. The molecule has 0 saturated heterocycles. The van der Waals surface area contributed by atoms with Crippen molar-refractivity contribution in [1.29, 1.82) is 0 Å². The Kier molecular flexibility index (Phi) is 9.12. The van der Waals surface area contributed by atoms with E-state index in [0.29, 0.717) is 6.61 Å². The molecular formula is C28H29NNiO-2. The van der Waals surface area contributed by atoms with Crippen LogP contribution in [-0.4, -0.2) is 11.2 Å². The molecule has 0 amide bonds. The zero-order valence-corrected chi connectivity index (χ0v) is 19.0. The molecule has 31 heavy (non-hydrogen) atoms. The second-order valence-corrected chi connectivity index (χ2v) is 7.74. The standard InChI is InChI=1S/C28H29NO.Ni/c1-3-5-6-10-22-29(23-21-24-13-19-28(20-14-24)30-4-2)27-17-15-26(16-18-27)25-11-8-7-9-12-25;/h7-9,11-20,23H,1,3-6,10H2,2H3;/q-2;. The maximum absolute atomic E-state index is 5.52. The van der Waals surface area contributed by atoms with Gasteiger partial charge in [-0.25, -0.2) is 0 Å². The average Bonchev–Trinajstić information content (AvgIpc) is 2.82. The molecule has 0 spiro atoms. The van der Waals surface area contributed by atoms with Gasteiger partial charge in [-0.3, -0.25) is 0 Å². The van der Waals surface area contributed by atoms with Gasteiger partial charge in [-0.05, 0) is 0 Å². The first-order valence-electron chi connectivity index (χ1n) is 10.8. The molecule has 0 heterocycles. The van der Waals surface area contributed by atoms with E-state index in [4.69, 9.17) is 19.8 Å². The molecular weight excluding hydrogens is 425 g/mol. The quantitative estimate of drug-likeness (QED) is 0.176. The van der Waals surface area contributed by atoms with E-state index in [2.05, 4.69) is 66.4 Å². The van der Waals surface area contributed by atoms with Crippen LogP contribution in [-0.2, 0) is 15.0 Å². The van der Waals surface area contributed by atoms with Crippen LogP contribution >= 0.6 is 0 Å². The van der Waals surface area contributed by atoms with Gasteiger partial charge in [-0.15, -0.1) is 0 Å². The molecule has 3 aromatic rings. The first-order chi connectivity index (χ1) is 15.2. The summed E-state index contributed by atoms with van der Waals surface area (Å²) in [5, 5.41) is 0. The Labute approximate surface area is 194 Å². The predicted octanol–water partition coefficient (Wildman–Crippen LogP) is 7.00. The molecule has 3 aromatic carbocycles. The fourth-order valence-electron chi connectivity index (χ4n) is 3.23. The second-order valence-electron chi connectivity index (χ2n) is 7.17. The van der Waals surface area contributed by atoms with Gasteiger partial charge < -0.3 is 0 Å². The number of benzene rings is 3. The van der Waals surface area contributed by atoms with Crippen LogP contribution in [0.5, 0.6) is 5.75 Å². The molecule has 0 N–H and O–H groups in total. The number of anilines is 1. The van der Waals surface area contributed by atoms with Crippen molar-refractivity contribution in [2.24, 2.45) is 0 Å². The number of hydrogen-bond donors (Lipinski definition) is 0. The molecule has 0 bridgehead atoms. The minimum absolute atomic E-state index is 0.661. The second kappa shape index (κ2) is 12.3. The molecule has 2 nitrogen and oxygen atoms in total. The van der Waals surface area contributed by atoms with Crippen LogP contribution in [0.15, 0.2) is 85.1 Å². The summed E-state index contributed by atoms with van der Waals surface area (Å²) in [5.41, 5.74) is 4.43. The summed E-state index contributed by atoms with van der Waals surface area (Å²) in [6.45, 7) is 6.58. The molecule has 0 aliphatic heterocycles. The molecule has 0 aliphatic carbocycles. The molecule has 0 fully saturated rings. The van der Waals surface area contributed by atoms with E-state index in [0.717, 1.165) is 47.3 Å². The third kappa shape index (κ3) is 6.94. The summed E-state index contributed by atoms with van der Waals surface area (Å²) in [7, 11) is 0. The van der Waals surface area contributed by atoms with Crippen molar-refractivity contribution >= 4 is 10.3 Å². The van der Waals surface area contributed by atoms with Gasteiger partial charge >= 0.3 is 195 Å². The maximum atomic E-state index is 5.52. The summed E-state index contributed by atoms with van der Waals surface area (Å²) < 4.78 is 6.45. The van der Waals surface area contributed by atoms with Crippen LogP contribution in [0.4, 0.5) is 5.69 Å². The zero-order valence-electron chi connectivity index (χ0n) is 18.0. The van der Waals surface area contributed by atoms with Crippen LogP contribution in [0.3, 0.4) is 0 Å². The number of unbranched alkanes of at least 4 members (excludes halogenated alkanes) is 2. The van der Waals surface area contributed by atoms with E-state index in [1.54, 1.807) is 0 Å². The molecule has 0 radical (unpaired) electrons. The first-order valence-corrected chi connectivity index (χ1v) is 11.3. The molecule has 0 saturated carbocycles. The number of nitrogens with zero attached hydrogens (tertiary/aromatic N) is 1. The van der Waals surface area contributed by atoms with Crippen LogP contribution in [0.2, 0.25) is 0 Å². The topological polar surface area (TPSA) is 12.5 Å². The van der Waals surface area contributed by atoms with E-state index in [1.165, 1.54) is 11.1 Å². The van der Waals surface area contributed by atoms with Crippen molar-refractivity contribution in [2.45, 2.75) is 32.6 Å². The van der Waals surface area contributed by atoms with Crippen LogP contribution in [0.1, 0.15) is 38.2 Å². The van der Waals surface area contributed by atoms with Gasteiger partial charge in [0.1, 0.15) is 0 Å². The zero-order chi connectivity index (χ0) is 21.9. The van der Waals surface area contributed by atoms with Gasteiger partial charge in [0.25, 0.3) is 0 Å². The van der Waals surface area contributed by atoms with Crippen molar-refractivity contribution in [3.8, 4) is 16.9 Å². The van der Waals surface area contributed by atoms with Gasteiger partial charge in [0.2, 0.25) is 0 Å².